The molecule has 0 radical (unpaired) electrons. The second-order valence-electron chi connectivity index (χ2n) is 9.61. The fourth-order valence-corrected chi connectivity index (χ4v) is 7.14. The maximum atomic E-state index is 13.1. The molecule has 31 heavy (non-hydrogen) atoms. The van der Waals surface area contributed by atoms with Crippen LogP contribution in [0.2, 0.25) is 0 Å². The van der Waals surface area contributed by atoms with Crippen molar-refractivity contribution >= 4 is 15.9 Å². The monoisotopic (exact) mass is 452 g/mol. The van der Waals surface area contributed by atoms with Crippen molar-refractivity contribution in [3.63, 3.8) is 0 Å². The van der Waals surface area contributed by atoms with Gasteiger partial charge < -0.3 is 14.7 Å². The minimum atomic E-state index is -3.29. The van der Waals surface area contributed by atoms with E-state index < -0.39 is 10.0 Å². The van der Waals surface area contributed by atoms with Crippen LogP contribution in [0.1, 0.15) is 81.0 Å². The van der Waals surface area contributed by atoms with Gasteiger partial charge in [0.2, 0.25) is 10.0 Å². The SMILES string of the molecule is CCCN1CCC(CS(=O)(=O)N2CC[C@H](NC(=O)c3cc(C4CC4)on3)C[C@@H]2C)CC1. The Hall–Kier alpha value is -1.45. The van der Waals surface area contributed by atoms with Crippen LogP contribution in [0.15, 0.2) is 10.6 Å². The first-order valence-electron chi connectivity index (χ1n) is 11.8. The number of likely N-dealkylation sites (tertiary alicyclic amines) is 1. The van der Waals surface area contributed by atoms with Crippen molar-refractivity contribution in [2.45, 2.75) is 76.8 Å². The summed E-state index contributed by atoms with van der Waals surface area (Å²) < 4.78 is 33.1. The van der Waals surface area contributed by atoms with Crippen LogP contribution in [0.3, 0.4) is 0 Å². The quantitative estimate of drug-likeness (QED) is 0.651. The summed E-state index contributed by atoms with van der Waals surface area (Å²) in [7, 11) is -3.29. The van der Waals surface area contributed by atoms with E-state index >= 15 is 0 Å². The lowest BCUT2D eigenvalue weighted by Crippen LogP contribution is -2.52. The highest BCUT2D eigenvalue weighted by atomic mass is 32.2. The predicted molar refractivity (Wildman–Crippen MR) is 118 cm³/mol. The second kappa shape index (κ2) is 9.58. The summed E-state index contributed by atoms with van der Waals surface area (Å²) in [5, 5.41) is 6.92. The summed E-state index contributed by atoms with van der Waals surface area (Å²) in [6.07, 6.45) is 6.49. The lowest BCUT2D eigenvalue weighted by atomic mass is 9.99. The zero-order valence-electron chi connectivity index (χ0n) is 18.8. The van der Waals surface area contributed by atoms with Crippen molar-refractivity contribution < 1.29 is 17.7 Å². The first-order chi connectivity index (χ1) is 14.9. The van der Waals surface area contributed by atoms with Crippen LogP contribution in [-0.4, -0.2) is 72.7 Å². The first-order valence-corrected chi connectivity index (χ1v) is 13.5. The first kappa shape index (κ1) is 22.7. The lowest BCUT2D eigenvalue weighted by Gasteiger charge is -2.38. The predicted octanol–water partition coefficient (Wildman–Crippen LogP) is 2.59. The van der Waals surface area contributed by atoms with Gasteiger partial charge in [0.1, 0.15) is 5.76 Å². The number of carbonyl (C=O) groups is 1. The molecule has 0 aromatic carbocycles. The van der Waals surface area contributed by atoms with Gasteiger partial charge in [0.05, 0.1) is 5.75 Å². The van der Waals surface area contributed by atoms with E-state index in [1.54, 1.807) is 10.4 Å². The Bertz CT molecular complexity index is 859. The van der Waals surface area contributed by atoms with Crippen LogP contribution in [0, 0.1) is 5.92 Å². The Morgan fingerprint density at radius 2 is 1.94 bits per heavy atom. The molecule has 0 spiro atoms. The molecule has 3 aliphatic rings. The number of rotatable bonds is 8. The molecule has 0 unspecified atom stereocenters. The summed E-state index contributed by atoms with van der Waals surface area (Å²) in [6.45, 7) is 7.69. The molecule has 2 aliphatic heterocycles. The van der Waals surface area contributed by atoms with Gasteiger partial charge in [-0.05, 0) is 77.4 Å². The normalized spacial score (nSPS) is 26.8. The summed E-state index contributed by atoms with van der Waals surface area (Å²) in [4.78, 5) is 15.0. The number of hydrogen-bond acceptors (Lipinski definition) is 6. The maximum Gasteiger partial charge on any atom is 0.273 e. The average molecular weight is 453 g/mol. The van der Waals surface area contributed by atoms with Crippen molar-refractivity contribution in [1.82, 2.24) is 19.7 Å². The number of amides is 1. The van der Waals surface area contributed by atoms with E-state index in [1.165, 1.54) is 0 Å². The number of sulfonamides is 1. The summed E-state index contributed by atoms with van der Waals surface area (Å²) >= 11 is 0. The Morgan fingerprint density at radius 1 is 1.19 bits per heavy atom. The Morgan fingerprint density at radius 3 is 2.58 bits per heavy atom. The third kappa shape index (κ3) is 5.68. The summed E-state index contributed by atoms with van der Waals surface area (Å²) in [5.74, 6) is 1.47. The van der Waals surface area contributed by atoms with E-state index in [0.717, 1.165) is 57.5 Å². The molecule has 3 heterocycles. The van der Waals surface area contributed by atoms with Crippen molar-refractivity contribution in [3.8, 4) is 0 Å². The zero-order chi connectivity index (χ0) is 22.0. The van der Waals surface area contributed by atoms with E-state index in [0.29, 0.717) is 31.0 Å². The molecule has 2 saturated heterocycles. The molecule has 174 valence electrons. The van der Waals surface area contributed by atoms with Gasteiger partial charge in [-0.15, -0.1) is 0 Å². The van der Waals surface area contributed by atoms with Gasteiger partial charge in [0, 0.05) is 30.6 Å². The second-order valence-corrected chi connectivity index (χ2v) is 11.6. The minimum absolute atomic E-state index is 0.0488. The molecular formula is C22H36N4O4S. The van der Waals surface area contributed by atoms with Crippen molar-refractivity contribution in [2.75, 3.05) is 31.9 Å². The fraction of sp³-hybridized carbons (Fsp3) is 0.818. The van der Waals surface area contributed by atoms with Gasteiger partial charge in [-0.2, -0.15) is 4.31 Å². The molecule has 1 N–H and O–H groups in total. The molecule has 8 nitrogen and oxygen atoms in total. The molecule has 1 aliphatic carbocycles. The van der Waals surface area contributed by atoms with Gasteiger partial charge >= 0.3 is 0 Å². The van der Waals surface area contributed by atoms with Crippen LogP contribution in [0.4, 0.5) is 0 Å². The lowest BCUT2D eigenvalue weighted by molar-refractivity contribution is 0.0905. The summed E-state index contributed by atoms with van der Waals surface area (Å²) in [6, 6.07) is 1.57. The van der Waals surface area contributed by atoms with Gasteiger partial charge in [0.15, 0.2) is 5.69 Å². The van der Waals surface area contributed by atoms with E-state index in [-0.39, 0.29) is 29.7 Å². The molecule has 4 rings (SSSR count). The van der Waals surface area contributed by atoms with E-state index in [4.69, 9.17) is 4.52 Å². The Balaban J connectivity index is 1.26. The molecule has 1 aromatic rings. The minimum Gasteiger partial charge on any atom is -0.360 e. The van der Waals surface area contributed by atoms with E-state index in [1.807, 2.05) is 6.92 Å². The smallest absolute Gasteiger partial charge is 0.273 e. The fourth-order valence-electron chi connectivity index (χ4n) is 5.00. The highest BCUT2D eigenvalue weighted by Crippen LogP contribution is 2.40. The molecule has 1 saturated carbocycles. The van der Waals surface area contributed by atoms with Crippen molar-refractivity contribution in [2.24, 2.45) is 5.92 Å². The van der Waals surface area contributed by atoms with E-state index in [2.05, 4.69) is 22.3 Å². The average Bonchev–Trinajstić information content (AvgIpc) is 3.45. The molecule has 3 fully saturated rings. The summed E-state index contributed by atoms with van der Waals surface area (Å²) in [5.41, 5.74) is 0.319. The number of carbonyl (C=O) groups excluding carboxylic acids is 1. The molecule has 1 aromatic heterocycles. The number of nitrogens with zero attached hydrogens (tertiary/aromatic N) is 3. The van der Waals surface area contributed by atoms with Gasteiger partial charge in [-0.25, -0.2) is 8.42 Å². The third-order valence-electron chi connectivity index (χ3n) is 6.94. The number of aromatic nitrogens is 1. The molecular weight excluding hydrogens is 416 g/mol. The van der Waals surface area contributed by atoms with Crippen LogP contribution in [0.25, 0.3) is 0 Å². The number of piperidine rings is 2. The number of nitrogens with one attached hydrogen (secondary N) is 1. The Labute approximate surface area is 185 Å². The van der Waals surface area contributed by atoms with Crippen LogP contribution < -0.4 is 5.32 Å². The maximum absolute atomic E-state index is 13.1. The standard InChI is InChI=1S/C22H36N4O4S/c1-3-9-25-10-6-17(7-11-25)15-31(28,29)26-12-8-19(13-16(26)2)23-22(27)20-14-21(30-24-20)18-4-5-18/h14,16-19H,3-13,15H2,1-2H3,(H,23,27)/t16-,19-/m0/s1. The van der Waals surface area contributed by atoms with Gasteiger partial charge in [-0.3, -0.25) is 4.79 Å². The highest BCUT2D eigenvalue weighted by Gasteiger charge is 2.36. The zero-order valence-corrected chi connectivity index (χ0v) is 19.6. The van der Waals surface area contributed by atoms with Gasteiger partial charge in [-0.1, -0.05) is 12.1 Å². The highest BCUT2D eigenvalue weighted by molar-refractivity contribution is 7.89. The van der Waals surface area contributed by atoms with Crippen molar-refractivity contribution in [1.29, 1.82) is 0 Å². The molecule has 1 amide bonds. The van der Waals surface area contributed by atoms with Crippen LogP contribution >= 0.6 is 0 Å². The molecule has 9 heteroatoms. The number of hydrogen-bond donors (Lipinski definition) is 1. The molecule has 0 bridgehead atoms. The van der Waals surface area contributed by atoms with Crippen LogP contribution in [0.5, 0.6) is 0 Å². The van der Waals surface area contributed by atoms with Crippen molar-refractivity contribution in [3.05, 3.63) is 17.5 Å². The van der Waals surface area contributed by atoms with Gasteiger partial charge in [0.25, 0.3) is 5.91 Å². The largest absolute Gasteiger partial charge is 0.360 e. The van der Waals surface area contributed by atoms with Crippen LogP contribution in [-0.2, 0) is 10.0 Å². The Kier molecular flexibility index (Phi) is 7.03. The molecule has 2 atom stereocenters. The third-order valence-corrected chi connectivity index (χ3v) is 9.09. The van der Waals surface area contributed by atoms with E-state index in [9.17, 15) is 13.2 Å². The topological polar surface area (TPSA) is 95.8 Å².